The first-order valence-electron chi connectivity index (χ1n) is 12.3. The van der Waals surface area contributed by atoms with Crippen LogP contribution in [0.25, 0.3) is 0 Å². The number of nitrogens with one attached hydrogen (secondary N) is 1. The fourth-order valence-corrected chi connectivity index (χ4v) is 6.29. The smallest absolute Gasteiger partial charge is 0.404 e. The van der Waals surface area contributed by atoms with Crippen LogP contribution in [-0.2, 0) is 23.1 Å². The van der Waals surface area contributed by atoms with Crippen LogP contribution in [0, 0.1) is 5.92 Å². The monoisotopic (exact) mass is 612 g/mol. The highest BCUT2D eigenvalue weighted by atomic mass is 35.5. The average molecular weight is 613 g/mol. The molecular formula is C25H29ClN4O8S2. The molecule has 1 aliphatic heterocycles. The lowest BCUT2D eigenvalue weighted by Crippen LogP contribution is -2.50. The van der Waals surface area contributed by atoms with Crippen molar-refractivity contribution in [1.29, 1.82) is 0 Å². The van der Waals surface area contributed by atoms with Crippen molar-refractivity contribution in [2.75, 3.05) is 19.9 Å². The molecule has 0 radical (unpaired) electrons. The van der Waals surface area contributed by atoms with E-state index < -0.39 is 28.3 Å². The molecule has 3 N–H and O–H groups in total. The molecule has 4 rings (SSSR count). The maximum atomic E-state index is 13.6. The molecule has 2 heterocycles. The van der Waals surface area contributed by atoms with Gasteiger partial charge in [-0.2, -0.15) is 4.31 Å². The Morgan fingerprint density at radius 1 is 1.18 bits per heavy atom. The molecule has 0 unspecified atom stereocenters. The molecular weight excluding hydrogens is 584 g/mol. The first-order valence-corrected chi connectivity index (χ1v) is 14.9. The molecule has 0 fully saturated rings. The van der Waals surface area contributed by atoms with Gasteiger partial charge in [0.25, 0.3) is 0 Å². The molecule has 0 saturated carbocycles. The summed E-state index contributed by atoms with van der Waals surface area (Å²) in [4.78, 5) is 11.5. The zero-order valence-corrected chi connectivity index (χ0v) is 24.1. The molecule has 40 heavy (non-hydrogen) atoms. The Labute approximate surface area is 240 Å². The van der Waals surface area contributed by atoms with Gasteiger partial charge in [-0.05, 0) is 42.2 Å². The van der Waals surface area contributed by atoms with E-state index >= 15 is 0 Å². The van der Waals surface area contributed by atoms with Gasteiger partial charge in [0.1, 0.15) is 22.4 Å². The van der Waals surface area contributed by atoms with Crippen LogP contribution in [0.5, 0.6) is 17.2 Å². The average Bonchev–Trinajstić information content (AvgIpc) is 3.55. The molecule has 1 amide bonds. The first-order chi connectivity index (χ1) is 19.0. The van der Waals surface area contributed by atoms with E-state index in [2.05, 4.69) is 14.9 Å². The number of rotatable bonds is 13. The maximum absolute atomic E-state index is 13.6. The number of amides is 1. The number of hydrogen-bond acceptors (Lipinski definition) is 10. The minimum absolute atomic E-state index is 0.000522. The number of carbonyl (C=O) groups is 1. The van der Waals surface area contributed by atoms with Crippen LogP contribution in [0.2, 0.25) is 4.34 Å². The van der Waals surface area contributed by atoms with Crippen molar-refractivity contribution in [3.8, 4) is 17.2 Å². The number of fused-ring (bicyclic) bond motifs is 1. The summed E-state index contributed by atoms with van der Waals surface area (Å²) < 4.78 is 48.7. The van der Waals surface area contributed by atoms with Gasteiger partial charge in [-0.1, -0.05) is 42.1 Å². The lowest BCUT2D eigenvalue weighted by atomic mass is 10.0. The van der Waals surface area contributed by atoms with Gasteiger partial charge in [0.05, 0.1) is 17.0 Å². The van der Waals surface area contributed by atoms with E-state index in [1.165, 1.54) is 18.2 Å². The molecule has 0 aliphatic carbocycles. The zero-order valence-electron chi connectivity index (χ0n) is 21.7. The maximum Gasteiger partial charge on any atom is 0.404 e. The Morgan fingerprint density at radius 2 is 1.90 bits per heavy atom. The van der Waals surface area contributed by atoms with Gasteiger partial charge in [0.15, 0.2) is 11.5 Å². The summed E-state index contributed by atoms with van der Waals surface area (Å²) in [6.07, 6.45) is -2.59. The minimum atomic E-state index is -4.05. The van der Waals surface area contributed by atoms with Crippen LogP contribution >= 0.6 is 23.1 Å². The van der Waals surface area contributed by atoms with Gasteiger partial charge in [0, 0.05) is 30.7 Å². The number of ether oxygens (including phenoxy) is 3. The van der Waals surface area contributed by atoms with Crippen LogP contribution in [0.4, 0.5) is 4.79 Å². The van der Waals surface area contributed by atoms with Crippen molar-refractivity contribution in [3.63, 3.8) is 0 Å². The van der Waals surface area contributed by atoms with Crippen LogP contribution in [0.1, 0.15) is 25.1 Å². The number of sulfonamides is 1. The molecule has 2 aromatic carbocycles. The molecule has 0 spiro atoms. The van der Waals surface area contributed by atoms with Crippen LogP contribution in [-0.4, -0.2) is 70.6 Å². The zero-order chi connectivity index (χ0) is 28.9. The summed E-state index contributed by atoms with van der Waals surface area (Å²) in [7, 11) is -4.05. The van der Waals surface area contributed by atoms with Gasteiger partial charge < -0.3 is 29.7 Å². The SMILES string of the molecule is CC(C)CN(C[C@@H](O)[C@H](Cc1ccc(OCc2nnsc2Cl)cc1)NC(=O)O)S(=O)(=O)c1ccc2c(c1)OCO2. The molecule has 0 saturated heterocycles. The van der Waals surface area contributed by atoms with E-state index in [1.54, 1.807) is 24.3 Å². The third-order valence-electron chi connectivity index (χ3n) is 5.98. The molecule has 1 aromatic heterocycles. The Morgan fingerprint density at radius 3 is 2.55 bits per heavy atom. The second-order valence-electron chi connectivity index (χ2n) is 9.48. The summed E-state index contributed by atoms with van der Waals surface area (Å²) in [5, 5.41) is 26.8. The lowest BCUT2D eigenvalue weighted by molar-refractivity contribution is 0.0980. The van der Waals surface area contributed by atoms with Gasteiger partial charge in [0.2, 0.25) is 16.8 Å². The topological polar surface area (TPSA) is 160 Å². The normalized spacial score (nSPS) is 14.3. The highest BCUT2D eigenvalue weighted by Gasteiger charge is 2.32. The number of hydrogen-bond donors (Lipinski definition) is 3. The van der Waals surface area contributed by atoms with Crippen LogP contribution in [0.15, 0.2) is 47.4 Å². The second-order valence-corrected chi connectivity index (χ2v) is 12.8. The van der Waals surface area contributed by atoms with Crippen molar-refractivity contribution in [1.82, 2.24) is 19.2 Å². The summed E-state index contributed by atoms with van der Waals surface area (Å²) in [5.41, 5.74) is 1.22. The Bertz CT molecular complexity index is 1420. The highest BCUT2D eigenvalue weighted by Crippen LogP contribution is 2.35. The van der Waals surface area contributed by atoms with Crippen LogP contribution in [0.3, 0.4) is 0 Å². The van der Waals surface area contributed by atoms with Crippen molar-refractivity contribution in [2.24, 2.45) is 5.92 Å². The standard InChI is InChI=1S/C25H29ClN4O8S2/c1-15(2)11-30(40(34,35)18-7-8-22-23(10-18)38-14-37-22)12-21(31)19(27-25(32)33)9-16-3-5-17(6-4-16)36-13-20-24(26)39-29-28-20/h3-8,10,15,19,21,27,31H,9,11-14H2,1-2H3,(H,32,33)/t19-,21+/m0/s1. The molecule has 12 nitrogen and oxygen atoms in total. The fraction of sp³-hybridized carbons (Fsp3) is 0.400. The summed E-state index contributed by atoms with van der Waals surface area (Å²) >= 11 is 7.05. The van der Waals surface area contributed by atoms with Gasteiger partial charge >= 0.3 is 6.09 Å². The molecule has 0 bridgehead atoms. The molecule has 2 atom stereocenters. The van der Waals surface area contributed by atoms with E-state index in [1.807, 2.05) is 13.8 Å². The first kappa shape index (κ1) is 29.8. The number of aromatic nitrogens is 2. The molecule has 216 valence electrons. The Kier molecular flexibility index (Phi) is 9.68. The quantitative estimate of drug-likeness (QED) is 0.261. The van der Waals surface area contributed by atoms with Crippen molar-refractivity contribution < 1.29 is 37.6 Å². The second kappa shape index (κ2) is 13.0. The van der Waals surface area contributed by atoms with E-state index in [-0.39, 0.29) is 43.7 Å². The number of carboxylic acid groups (broad SMARTS) is 1. The summed E-state index contributed by atoms with van der Waals surface area (Å²) in [6, 6.07) is 10.2. The number of aliphatic hydroxyl groups excluding tert-OH is 1. The largest absolute Gasteiger partial charge is 0.487 e. The third-order valence-corrected chi connectivity index (χ3v) is 8.79. The van der Waals surface area contributed by atoms with E-state index in [0.29, 0.717) is 32.8 Å². The summed E-state index contributed by atoms with van der Waals surface area (Å²) in [6.45, 7) is 3.62. The Hall–Kier alpha value is -3.17. The predicted octanol–water partition coefficient (Wildman–Crippen LogP) is 3.39. The number of benzene rings is 2. The van der Waals surface area contributed by atoms with E-state index in [9.17, 15) is 23.4 Å². The van der Waals surface area contributed by atoms with Gasteiger partial charge in [-0.25, -0.2) is 13.2 Å². The lowest BCUT2D eigenvalue weighted by Gasteiger charge is -2.30. The van der Waals surface area contributed by atoms with E-state index in [0.717, 1.165) is 15.8 Å². The number of aliphatic hydroxyl groups is 1. The third kappa shape index (κ3) is 7.52. The van der Waals surface area contributed by atoms with Gasteiger partial charge in [-0.3, -0.25) is 0 Å². The van der Waals surface area contributed by atoms with Crippen LogP contribution < -0.4 is 19.5 Å². The van der Waals surface area contributed by atoms with Crippen molar-refractivity contribution in [2.45, 2.75) is 43.9 Å². The minimum Gasteiger partial charge on any atom is -0.487 e. The summed E-state index contributed by atoms with van der Waals surface area (Å²) in [5.74, 6) is 1.23. The highest BCUT2D eigenvalue weighted by molar-refractivity contribution is 7.89. The molecule has 15 heteroatoms. The molecule has 1 aliphatic rings. The van der Waals surface area contributed by atoms with Gasteiger partial charge in [-0.15, -0.1) is 5.10 Å². The molecule has 3 aromatic rings. The predicted molar refractivity (Wildman–Crippen MR) is 147 cm³/mol. The Balaban J connectivity index is 1.47. The van der Waals surface area contributed by atoms with Crippen molar-refractivity contribution >= 4 is 39.2 Å². The number of halogens is 1. The number of nitrogens with zero attached hydrogens (tertiary/aromatic N) is 3. The van der Waals surface area contributed by atoms with E-state index in [4.69, 9.17) is 25.8 Å². The fourth-order valence-electron chi connectivity index (χ4n) is 4.05. The van der Waals surface area contributed by atoms with Crippen molar-refractivity contribution in [3.05, 3.63) is 58.1 Å².